The number of halogens is 4. The summed E-state index contributed by atoms with van der Waals surface area (Å²) in [6, 6.07) is 3.54. The molecule has 3 aromatic heterocycles. The summed E-state index contributed by atoms with van der Waals surface area (Å²) in [6.07, 6.45) is 0.629. The molecule has 1 unspecified atom stereocenters. The second-order valence-corrected chi connectivity index (χ2v) is 7.13. The molecule has 0 aliphatic carbocycles. The highest BCUT2D eigenvalue weighted by Crippen LogP contribution is 2.28. The molecule has 8 nitrogen and oxygen atoms in total. The molecule has 5 rings (SSSR count). The third kappa shape index (κ3) is 3.17. The maximum Gasteiger partial charge on any atom is 0.293 e. The fourth-order valence-electron chi connectivity index (χ4n) is 3.78. The molecule has 1 fully saturated rings. The van der Waals surface area contributed by atoms with Crippen molar-refractivity contribution in [3.63, 3.8) is 0 Å². The smallest absolute Gasteiger partial charge is 0.293 e. The summed E-state index contributed by atoms with van der Waals surface area (Å²) in [5.41, 5.74) is 3.54. The van der Waals surface area contributed by atoms with E-state index in [1.165, 1.54) is 0 Å². The molecule has 1 aliphatic rings. The number of rotatable bonds is 2. The summed E-state index contributed by atoms with van der Waals surface area (Å²) in [6.45, 7) is 0.805. The number of nitrogens with one attached hydrogen (secondary N) is 1. The van der Waals surface area contributed by atoms with E-state index < -0.39 is 33.8 Å². The van der Waals surface area contributed by atoms with E-state index in [0.717, 1.165) is 22.8 Å². The Morgan fingerprint density at radius 1 is 1.16 bits per heavy atom. The Kier molecular flexibility index (Phi) is 5.02. The van der Waals surface area contributed by atoms with Gasteiger partial charge in [0.05, 0.1) is 11.1 Å². The second-order valence-electron chi connectivity index (χ2n) is 7.13. The molecule has 31 heavy (non-hydrogen) atoms. The lowest BCUT2D eigenvalue weighted by molar-refractivity contribution is 0.436. The SMILES string of the molecule is Cl.NC1CCN(c2nc3c(cc2F)c(=O)c2c(=O)[nH]oc2n3-c2ccc(F)cc2F)C1. The lowest BCUT2D eigenvalue weighted by Gasteiger charge is -2.19. The quantitative estimate of drug-likeness (QED) is 0.481. The molecule has 0 saturated carbocycles. The van der Waals surface area contributed by atoms with E-state index in [1.807, 2.05) is 5.16 Å². The van der Waals surface area contributed by atoms with Crippen LogP contribution in [0.25, 0.3) is 27.8 Å². The van der Waals surface area contributed by atoms with Crippen LogP contribution in [0, 0.1) is 17.5 Å². The summed E-state index contributed by atoms with van der Waals surface area (Å²) < 4.78 is 49.1. The van der Waals surface area contributed by atoms with E-state index in [1.54, 1.807) is 4.90 Å². The number of aromatic amines is 1. The van der Waals surface area contributed by atoms with Gasteiger partial charge in [-0.3, -0.25) is 14.2 Å². The maximum atomic E-state index is 14.8. The predicted octanol–water partition coefficient (Wildman–Crippen LogP) is 2.20. The molecule has 1 saturated heterocycles. The number of fused-ring (bicyclic) bond motifs is 2. The molecule has 1 aliphatic heterocycles. The van der Waals surface area contributed by atoms with Crippen LogP contribution in [0.1, 0.15) is 6.42 Å². The molecular formula is C19H15ClF3N5O3. The molecule has 1 aromatic carbocycles. The molecule has 3 N–H and O–H groups in total. The van der Waals surface area contributed by atoms with Crippen molar-refractivity contribution in [3.05, 3.63) is 62.3 Å². The van der Waals surface area contributed by atoms with Gasteiger partial charge in [-0.25, -0.2) is 18.2 Å². The molecular weight excluding hydrogens is 439 g/mol. The molecule has 0 amide bonds. The van der Waals surface area contributed by atoms with Crippen LogP contribution >= 0.6 is 12.4 Å². The summed E-state index contributed by atoms with van der Waals surface area (Å²) in [4.78, 5) is 30.8. The van der Waals surface area contributed by atoms with Crippen molar-refractivity contribution in [2.24, 2.45) is 5.73 Å². The fraction of sp³-hybridized carbons (Fsp3) is 0.211. The normalized spacial score (nSPS) is 16.3. The van der Waals surface area contributed by atoms with Gasteiger partial charge in [-0.15, -0.1) is 12.4 Å². The Hall–Kier alpha value is -3.31. The summed E-state index contributed by atoms with van der Waals surface area (Å²) in [5, 5.41) is 1.35. The zero-order valence-electron chi connectivity index (χ0n) is 15.7. The van der Waals surface area contributed by atoms with Gasteiger partial charge in [-0.1, -0.05) is 0 Å². The van der Waals surface area contributed by atoms with Gasteiger partial charge in [0.1, 0.15) is 11.6 Å². The topological polar surface area (TPSA) is 110 Å². The van der Waals surface area contributed by atoms with Gasteiger partial charge >= 0.3 is 0 Å². The first-order valence-corrected chi connectivity index (χ1v) is 9.07. The van der Waals surface area contributed by atoms with Crippen molar-refractivity contribution in [1.82, 2.24) is 14.7 Å². The molecule has 1 atom stereocenters. The number of nitrogens with zero attached hydrogens (tertiary/aromatic N) is 3. The number of pyridine rings is 2. The van der Waals surface area contributed by atoms with Crippen LogP contribution in [0.2, 0.25) is 0 Å². The van der Waals surface area contributed by atoms with Crippen LogP contribution in [0.15, 0.2) is 38.4 Å². The molecule has 162 valence electrons. The molecule has 0 bridgehead atoms. The first-order chi connectivity index (χ1) is 14.3. The van der Waals surface area contributed by atoms with Crippen LogP contribution < -0.4 is 21.6 Å². The Morgan fingerprint density at radius 3 is 2.61 bits per heavy atom. The highest BCUT2D eigenvalue weighted by molar-refractivity contribution is 5.91. The van der Waals surface area contributed by atoms with E-state index in [2.05, 4.69) is 4.98 Å². The average Bonchev–Trinajstić information content (AvgIpc) is 3.29. The van der Waals surface area contributed by atoms with E-state index in [-0.39, 0.29) is 46.7 Å². The number of H-pyrrole nitrogens is 1. The van der Waals surface area contributed by atoms with Crippen LogP contribution in [-0.2, 0) is 0 Å². The van der Waals surface area contributed by atoms with Gasteiger partial charge in [0.25, 0.3) is 5.56 Å². The van der Waals surface area contributed by atoms with Crippen LogP contribution in [-0.4, -0.2) is 33.8 Å². The number of benzene rings is 1. The first-order valence-electron chi connectivity index (χ1n) is 9.07. The van der Waals surface area contributed by atoms with Crippen LogP contribution in [0.4, 0.5) is 19.0 Å². The second kappa shape index (κ2) is 7.43. The molecule has 4 aromatic rings. The van der Waals surface area contributed by atoms with Gasteiger partial charge < -0.3 is 15.2 Å². The third-order valence-electron chi connectivity index (χ3n) is 5.18. The van der Waals surface area contributed by atoms with Gasteiger partial charge in [0.15, 0.2) is 22.7 Å². The molecule has 0 radical (unpaired) electrons. The monoisotopic (exact) mass is 453 g/mol. The fourth-order valence-corrected chi connectivity index (χ4v) is 3.78. The Bertz CT molecular complexity index is 1450. The highest BCUT2D eigenvalue weighted by Gasteiger charge is 2.27. The predicted molar refractivity (Wildman–Crippen MR) is 110 cm³/mol. The van der Waals surface area contributed by atoms with E-state index in [9.17, 15) is 22.8 Å². The molecule has 0 spiro atoms. The van der Waals surface area contributed by atoms with Crippen molar-refractivity contribution in [3.8, 4) is 5.69 Å². The van der Waals surface area contributed by atoms with Crippen molar-refractivity contribution < 1.29 is 17.7 Å². The van der Waals surface area contributed by atoms with E-state index in [4.69, 9.17) is 10.3 Å². The van der Waals surface area contributed by atoms with E-state index in [0.29, 0.717) is 25.6 Å². The minimum atomic E-state index is -0.985. The summed E-state index contributed by atoms with van der Waals surface area (Å²) in [7, 11) is 0. The minimum Gasteiger partial charge on any atom is -0.359 e. The lowest BCUT2D eigenvalue weighted by atomic mass is 10.2. The number of aromatic nitrogens is 3. The number of hydrogen-bond acceptors (Lipinski definition) is 6. The van der Waals surface area contributed by atoms with Gasteiger partial charge in [0, 0.05) is 25.2 Å². The molecule has 4 heterocycles. The van der Waals surface area contributed by atoms with Gasteiger partial charge in [-0.05, 0) is 24.6 Å². The minimum absolute atomic E-state index is 0. The Labute approximate surface area is 177 Å². The van der Waals surface area contributed by atoms with Crippen molar-refractivity contribution in [1.29, 1.82) is 0 Å². The largest absolute Gasteiger partial charge is 0.359 e. The first kappa shape index (κ1) is 20.9. The maximum absolute atomic E-state index is 14.8. The highest BCUT2D eigenvalue weighted by atomic mass is 35.5. The summed E-state index contributed by atoms with van der Waals surface area (Å²) in [5.74, 6) is -2.65. The average molecular weight is 454 g/mol. The lowest BCUT2D eigenvalue weighted by Crippen LogP contribution is -2.28. The van der Waals surface area contributed by atoms with Crippen LogP contribution in [0.3, 0.4) is 0 Å². The zero-order chi connectivity index (χ0) is 21.2. The standard InChI is InChI=1S/C19H14F3N5O3.ClH/c20-8-1-2-13(11(21)5-8)27-16-10(15(28)14-18(29)25-30-19(14)27)6-12(22)17(24-16)26-4-3-9(23)7-26;/h1-2,5-6,9H,3-4,7,23H2,(H,25,29);1H. The van der Waals surface area contributed by atoms with Crippen LogP contribution in [0.5, 0.6) is 0 Å². The third-order valence-corrected chi connectivity index (χ3v) is 5.18. The van der Waals surface area contributed by atoms with Crippen molar-refractivity contribution >= 4 is 40.4 Å². The van der Waals surface area contributed by atoms with Crippen molar-refractivity contribution in [2.45, 2.75) is 12.5 Å². The Morgan fingerprint density at radius 2 is 1.94 bits per heavy atom. The number of nitrogens with two attached hydrogens (primary N) is 1. The Balaban J connectivity index is 0.00000231. The van der Waals surface area contributed by atoms with E-state index >= 15 is 0 Å². The number of hydrogen-bond donors (Lipinski definition) is 2. The van der Waals surface area contributed by atoms with Gasteiger partial charge in [0.2, 0.25) is 11.1 Å². The molecule has 12 heteroatoms. The number of anilines is 1. The van der Waals surface area contributed by atoms with Crippen molar-refractivity contribution in [2.75, 3.05) is 18.0 Å². The van der Waals surface area contributed by atoms with Gasteiger partial charge in [-0.2, -0.15) is 5.16 Å². The summed E-state index contributed by atoms with van der Waals surface area (Å²) >= 11 is 0. The zero-order valence-corrected chi connectivity index (χ0v) is 16.5.